The largest absolute Gasteiger partial charge is 0.503 e. The highest BCUT2D eigenvalue weighted by Crippen LogP contribution is 2.21. The summed E-state index contributed by atoms with van der Waals surface area (Å²) in [5, 5.41) is 18.8. The van der Waals surface area contributed by atoms with Crippen LogP contribution in [0, 0.1) is 0 Å². The summed E-state index contributed by atoms with van der Waals surface area (Å²) in [7, 11) is 0. The number of hydrogen-bond donors (Lipinski definition) is 2. The molecular formula is C15H22N2O4. The molecule has 1 aromatic heterocycles. The summed E-state index contributed by atoms with van der Waals surface area (Å²) < 4.78 is 1.47. The Kier molecular flexibility index (Phi) is 4.67. The molecule has 2 N–H and O–H groups in total. The Hall–Kier alpha value is -1.82. The molecule has 1 fully saturated rings. The highest BCUT2D eigenvalue weighted by molar-refractivity contribution is 5.71. The lowest BCUT2D eigenvalue weighted by Gasteiger charge is -2.34. The number of piperidine rings is 1. The number of hydrogen-bond acceptors (Lipinski definition) is 4. The highest BCUT2D eigenvalue weighted by atomic mass is 16.4. The monoisotopic (exact) mass is 294 g/mol. The van der Waals surface area contributed by atoms with Gasteiger partial charge in [0, 0.05) is 24.3 Å². The molecule has 0 radical (unpaired) electrons. The van der Waals surface area contributed by atoms with E-state index in [0.717, 1.165) is 19.4 Å². The van der Waals surface area contributed by atoms with Gasteiger partial charge in [0.15, 0.2) is 5.75 Å². The molecule has 1 saturated heterocycles. The van der Waals surface area contributed by atoms with E-state index in [2.05, 4.69) is 11.8 Å². The van der Waals surface area contributed by atoms with Gasteiger partial charge < -0.3 is 14.8 Å². The third-order valence-corrected chi connectivity index (χ3v) is 4.22. The van der Waals surface area contributed by atoms with E-state index in [-0.39, 0.29) is 0 Å². The van der Waals surface area contributed by atoms with E-state index in [4.69, 9.17) is 0 Å². The van der Waals surface area contributed by atoms with Crippen LogP contribution in [0.3, 0.4) is 0 Å². The summed E-state index contributed by atoms with van der Waals surface area (Å²) in [6.45, 7) is 5.14. The number of carboxylic acids is 1. The Labute approximate surface area is 123 Å². The fourth-order valence-electron chi connectivity index (χ4n) is 2.79. The fourth-order valence-corrected chi connectivity index (χ4v) is 2.79. The zero-order valence-electron chi connectivity index (χ0n) is 12.5. The number of likely N-dealkylation sites (tertiary alicyclic amines) is 1. The first-order chi connectivity index (χ1) is 9.90. The van der Waals surface area contributed by atoms with E-state index in [1.807, 2.05) is 0 Å². The number of aromatic hydroxyl groups is 1. The number of aliphatic carboxylic acids is 1. The summed E-state index contributed by atoms with van der Waals surface area (Å²) in [5.41, 5.74) is 0.157. The van der Waals surface area contributed by atoms with E-state index < -0.39 is 23.2 Å². The fraction of sp³-hybridized carbons (Fsp3) is 0.600. The van der Waals surface area contributed by atoms with Crippen LogP contribution in [0.1, 0.15) is 44.8 Å². The molecule has 6 nitrogen and oxygen atoms in total. The minimum atomic E-state index is -0.994. The van der Waals surface area contributed by atoms with E-state index in [1.54, 1.807) is 0 Å². The number of aromatic nitrogens is 1. The SMILES string of the molecule is CC1CCCCN1Cc1cc(=O)c(O)cn1C(C)C(=O)O. The molecule has 2 rings (SSSR count). The molecule has 0 amide bonds. The van der Waals surface area contributed by atoms with Crippen LogP contribution >= 0.6 is 0 Å². The van der Waals surface area contributed by atoms with Crippen LogP contribution in [0.25, 0.3) is 0 Å². The van der Waals surface area contributed by atoms with Crippen LogP contribution in [0.15, 0.2) is 17.1 Å². The standard InChI is InChI=1S/C15H22N2O4/c1-10-5-3-4-6-16(10)8-12-7-13(18)14(19)9-17(12)11(2)15(20)21/h7,9-11,19H,3-6,8H2,1-2H3,(H,20,21). The minimum Gasteiger partial charge on any atom is -0.503 e. The van der Waals surface area contributed by atoms with Gasteiger partial charge in [0.25, 0.3) is 0 Å². The Bertz CT molecular complexity index is 582. The van der Waals surface area contributed by atoms with Crippen molar-refractivity contribution in [3.63, 3.8) is 0 Å². The first kappa shape index (κ1) is 15.6. The van der Waals surface area contributed by atoms with Gasteiger partial charge >= 0.3 is 5.97 Å². The second-order valence-corrected chi connectivity index (χ2v) is 5.75. The van der Waals surface area contributed by atoms with Crippen LogP contribution in [-0.4, -0.2) is 38.2 Å². The van der Waals surface area contributed by atoms with Crippen molar-refractivity contribution in [2.24, 2.45) is 0 Å². The Balaban J connectivity index is 2.34. The van der Waals surface area contributed by atoms with E-state index in [9.17, 15) is 19.8 Å². The van der Waals surface area contributed by atoms with Crippen molar-refractivity contribution in [2.45, 2.75) is 51.7 Å². The number of nitrogens with zero attached hydrogens (tertiary/aromatic N) is 2. The van der Waals surface area contributed by atoms with Gasteiger partial charge in [0.1, 0.15) is 6.04 Å². The molecular weight excluding hydrogens is 272 g/mol. The summed E-state index contributed by atoms with van der Waals surface area (Å²) in [4.78, 5) is 25.1. The van der Waals surface area contributed by atoms with Gasteiger partial charge in [-0.2, -0.15) is 0 Å². The van der Waals surface area contributed by atoms with Crippen molar-refractivity contribution in [3.8, 4) is 5.75 Å². The van der Waals surface area contributed by atoms with Crippen molar-refractivity contribution in [1.82, 2.24) is 9.47 Å². The third kappa shape index (κ3) is 3.44. The maximum absolute atomic E-state index is 11.7. The van der Waals surface area contributed by atoms with Crippen molar-refractivity contribution in [2.75, 3.05) is 6.54 Å². The predicted octanol–water partition coefficient (Wildman–Crippen LogP) is 1.57. The Morgan fingerprint density at radius 2 is 2.19 bits per heavy atom. The molecule has 2 atom stereocenters. The molecule has 0 aromatic carbocycles. The van der Waals surface area contributed by atoms with Gasteiger partial charge in [-0.15, -0.1) is 0 Å². The zero-order chi connectivity index (χ0) is 15.6. The van der Waals surface area contributed by atoms with Crippen molar-refractivity contribution >= 4 is 5.97 Å². The second kappa shape index (κ2) is 6.30. The van der Waals surface area contributed by atoms with Crippen LogP contribution in [0.4, 0.5) is 0 Å². The molecule has 0 saturated carbocycles. The predicted molar refractivity (Wildman–Crippen MR) is 78.4 cm³/mol. The topological polar surface area (TPSA) is 82.8 Å². The average Bonchev–Trinajstić information content (AvgIpc) is 2.44. The Morgan fingerprint density at radius 3 is 2.81 bits per heavy atom. The molecule has 6 heteroatoms. The van der Waals surface area contributed by atoms with Crippen LogP contribution in [0.5, 0.6) is 5.75 Å². The molecule has 1 aliphatic rings. The number of carbonyl (C=O) groups is 1. The summed E-state index contributed by atoms with van der Waals surface area (Å²) >= 11 is 0. The zero-order valence-corrected chi connectivity index (χ0v) is 12.5. The van der Waals surface area contributed by atoms with Crippen LogP contribution in [-0.2, 0) is 11.3 Å². The minimum absolute atomic E-state index is 0.413. The first-order valence-corrected chi connectivity index (χ1v) is 7.31. The van der Waals surface area contributed by atoms with Crippen molar-refractivity contribution in [3.05, 3.63) is 28.2 Å². The summed E-state index contributed by atoms with van der Waals surface area (Å²) in [5.74, 6) is -1.41. The normalized spacial score (nSPS) is 21.1. The molecule has 21 heavy (non-hydrogen) atoms. The second-order valence-electron chi connectivity index (χ2n) is 5.75. The van der Waals surface area contributed by atoms with Crippen molar-refractivity contribution < 1.29 is 15.0 Å². The maximum atomic E-state index is 11.7. The number of pyridine rings is 1. The number of rotatable bonds is 4. The van der Waals surface area contributed by atoms with E-state index in [1.165, 1.54) is 30.2 Å². The van der Waals surface area contributed by atoms with Crippen molar-refractivity contribution in [1.29, 1.82) is 0 Å². The molecule has 1 aromatic rings. The van der Waals surface area contributed by atoms with Gasteiger partial charge in [-0.3, -0.25) is 9.69 Å². The molecule has 1 aliphatic heterocycles. The van der Waals surface area contributed by atoms with Crippen LogP contribution in [0.2, 0.25) is 0 Å². The lowest BCUT2D eigenvalue weighted by molar-refractivity contribution is -0.140. The van der Waals surface area contributed by atoms with Crippen LogP contribution < -0.4 is 5.43 Å². The average molecular weight is 294 g/mol. The lowest BCUT2D eigenvalue weighted by Crippen LogP contribution is -2.38. The molecule has 2 unspecified atom stereocenters. The van der Waals surface area contributed by atoms with E-state index in [0.29, 0.717) is 18.3 Å². The molecule has 2 heterocycles. The van der Waals surface area contributed by atoms with Gasteiger partial charge in [-0.1, -0.05) is 6.42 Å². The molecule has 0 aliphatic carbocycles. The van der Waals surface area contributed by atoms with Gasteiger partial charge in [0.05, 0.1) is 6.20 Å². The smallest absolute Gasteiger partial charge is 0.326 e. The Morgan fingerprint density at radius 1 is 1.48 bits per heavy atom. The molecule has 0 bridgehead atoms. The molecule has 0 spiro atoms. The van der Waals surface area contributed by atoms with Gasteiger partial charge in [-0.05, 0) is 33.2 Å². The maximum Gasteiger partial charge on any atom is 0.326 e. The molecule has 116 valence electrons. The van der Waals surface area contributed by atoms with Gasteiger partial charge in [0.2, 0.25) is 5.43 Å². The van der Waals surface area contributed by atoms with E-state index >= 15 is 0 Å². The summed E-state index contributed by atoms with van der Waals surface area (Å²) in [6.07, 6.45) is 4.65. The first-order valence-electron chi connectivity index (χ1n) is 7.31. The number of carboxylic acid groups (broad SMARTS) is 1. The quantitative estimate of drug-likeness (QED) is 0.881. The highest BCUT2D eigenvalue weighted by Gasteiger charge is 2.22. The summed E-state index contributed by atoms with van der Waals surface area (Å²) in [6, 6.07) is 0.929. The third-order valence-electron chi connectivity index (χ3n) is 4.22. The lowest BCUT2D eigenvalue weighted by atomic mass is 10.0. The van der Waals surface area contributed by atoms with Gasteiger partial charge in [-0.25, -0.2) is 4.79 Å².